The van der Waals surface area contributed by atoms with Crippen LogP contribution in [0.15, 0.2) is 77.9 Å². The molecule has 156 valence electrons. The first kappa shape index (κ1) is 21.7. The maximum atomic E-state index is 12.1. The highest BCUT2D eigenvalue weighted by Crippen LogP contribution is 2.15. The summed E-state index contributed by atoms with van der Waals surface area (Å²) < 4.78 is 5.29. The molecule has 0 spiro atoms. The third-order valence-corrected chi connectivity index (χ3v) is 4.28. The molecular weight excluding hydrogens is 418 g/mol. The number of hydrogen-bond donors (Lipinski definition) is 2. The Morgan fingerprint density at radius 3 is 2.32 bits per heavy atom. The van der Waals surface area contributed by atoms with E-state index >= 15 is 0 Å². The van der Waals surface area contributed by atoms with Crippen LogP contribution in [0.3, 0.4) is 0 Å². The fourth-order valence-electron chi connectivity index (χ4n) is 2.50. The normalized spacial score (nSPS) is 10.5. The molecule has 3 aromatic carbocycles. The number of aryl methyl sites for hydroxylation is 1. The van der Waals surface area contributed by atoms with E-state index in [4.69, 9.17) is 16.3 Å². The van der Waals surface area contributed by atoms with Crippen LogP contribution in [0.5, 0.6) is 5.75 Å². The summed E-state index contributed by atoms with van der Waals surface area (Å²) in [4.78, 5) is 35.8. The van der Waals surface area contributed by atoms with Crippen LogP contribution < -0.4 is 15.5 Å². The van der Waals surface area contributed by atoms with E-state index in [1.807, 2.05) is 13.0 Å². The summed E-state index contributed by atoms with van der Waals surface area (Å²) >= 11 is 5.80. The van der Waals surface area contributed by atoms with Crippen molar-refractivity contribution in [3.05, 3.63) is 94.5 Å². The highest BCUT2D eigenvalue weighted by Gasteiger charge is 2.13. The van der Waals surface area contributed by atoms with Gasteiger partial charge in [0.2, 0.25) is 0 Å². The average Bonchev–Trinajstić information content (AvgIpc) is 2.75. The highest BCUT2D eigenvalue weighted by molar-refractivity contribution is 6.39. The van der Waals surface area contributed by atoms with E-state index in [2.05, 4.69) is 15.8 Å². The van der Waals surface area contributed by atoms with Crippen molar-refractivity contribution in [2.75, 3.05) is 5.32 Å². The first-order chi connectivity index (χ1) is 14.9. The summed E-state index contributed by atoms with van der Waals surface area (Å²) in [7, 11) is 0. The van der Waals surface area contributed by atoms with Crippen molar-refractivity contribution in [2.24, 2.45) is 5.10 Å². The SMILES string of the molecule is Cc1cccc(NC(=O)C(=O)NN=Cc2ccc(OC(=O)c3ccc(Cl)cc3)cc2)c1. The minimum Gasteiger partial charge on any atom is -0.423 e. The van der Waals surface area contributed by atoms with Gasteiger partial charge in [0, 0.05) is 10.7 Å². The van der Waals surface area contributed by atoms with Gasteiger partial charge in [-0.25, -0.2) is 10.2 Å². The number of halogens is 1. The Hall–Kier alpha value is -3.97. The predicted octanol–water partition coefficient (Wildman–Crippen LogP) is 3.96. The Bertz CT molecular complexity index is 1130. The van der Waals surface area contributed by atoms with Crippen LogP contribution in [0, 0.1) is 6.92 Å². The van der Waals surface area contributed by atoms with E-state index in [-0.39, 0.29) is 0 Å². The van der Waals surface area contributed by atoms with Gasteiger partial charge in [-0.3, -0.25) is 9.59 Å². The van der Waals surface area contributed by atoms with Crippen molar-refractivity contribution < 1.29 is 19.1 Å². The quantitative estimate of drug-likeness (QED) is 0.208. The Labute approximate surface area is 183 Å². The molecule has 0 aliphatic carbocycles. The lowest BCUT2D eigenvalue weighted by Gasteiger charge is -2.05. The zero-order valence-electron chi connectivity index (χ0n) is 16.5. The van der Waals surface area contributed by atoms with Gasteiger partial charge in [0.15, 0.2) is 0 Å². The molecule has 0 saturated carbocycles. The Morgan fingerprint density at radius 1 is 0.935 bits per heavy atom. The lowest BCUT2D eigenvalue weighted by Crippen LogP contribution is -2.32. The van der Waals surface area contributed by atoms with Crippen LogP contribution in [0.25, 0.3) is 0 Å². The fraction of sp³-hybridized carbons (Fsp3) is 0.0435. The lowest BCUT2D eigenvalue weighted by molar-refractivity contribution is -0.136. The maximum Gasteiger partial charge on any atom is 0.343 e. The Morgan fingerprint density at radius 2 is 1.65 bits per heavy atom. The molecule has 0 aliphatic heterocycles. The van der Waals surface area contributed by atoms with Crippen LogP contribution in [-0.2, 0) is 9.59 Å². The van der Waals surface area contributed by atoms with Crippen molar-refractivity contribution in [3.8, 4) is 5.75 Å². The number of hydrogen-bond acceptors (Lipinski definition) is 5. The van der Waals surface area contributed by atoms with Gasteiger partial charge in [0.25, 0.3) is 0 Å². The molecular formula is C23H18ClN3O4. The zero-order valence-corrected chi connectivity index (χ0v) is 17.2. The summed E-state index contributed by atoms with van der Waals surface area (Å²) in [5.41, 5.74) is 4.65. The van der Waals surface area contributed by atoms with E-state index in [0.717, 1.165) is 5.56 Å². The number of rotatable bonds is 5. The standard InChI is InChI=1S/C23H18ClN3O4/c1-15-3-2-4-19(13-15)26-21(28)22(29)27-25-14-16-5-11-20(12-6-16)31-23(30)17-7-9-18(24)10-8-17/h2-14H,1H3,(H,26,28)(H,27,29). The van der Waals surface area contributed by atoms with Gasteiger partial charge in [-0.15, -0.1) is 0 Å². The number of esters is 1. The number of hydrazone groups is 1. The van der Waals surface area contributed by atoms with Crippen molar-refractivity contribution in [1.82, 2.24) is 5.43 Å². The van der Waals surface area contributed by atoms with Crippen LogP contribution in [0.1, 0.15) is 21.5 Å². The molecule has 0 atom stereocenters. The zero-order chi connectivity index (χ0) is 22.2. The molecule has 3 rings (SSSR count). The van der Waals surface area contributed by atoms with Crippen molar-refractivity contribution >= 4 is 41.3 Å². The van der Waals surface area contributed by atoms with E-state index in [1.165, 1.54) is 6.21 Å². The fourth-order valence-corrected chi connectivity index (χ4v) is 2.63. The molecule has 8 heteroatoms. The minimum atomic E-state index is -0.897. The lowest BCUT2D eigenvalue weighted by atomic mass is 10.2. The molecule has 3 aromatic rings. The third kappa shape index (κ3) is 6.52. The summed E-state index contributed by atoms with van der Waals surface area (Å²) in [6.07, 6.45) is 1.36. The molecule has 0 aromatic heterocycles. The van der Waals surface area contributed by atoms with Gasteiger partial charge >= 0.3 is 17.8 Å². The number of carbonyl (C=O) groups is 3. The topological polar surface area (TPSA) is 96.9 Å². The van der Waals surface area contributed by atoms with Crippen LogP contribution >= 0.6 is 11.6 Å². The molecule has 0 saturated heterocycles. The molecule has 2 N–H and O–H groups in total. The molecule has 0 heterocycles. The molecule has 0 radical (unpaired) electrons. The number of nitrogens with one attached hydrogen (secondary N) is 2. The monoisotopic (exact) mass is 435 g/mol. The molecule has 7 nitrogen and oxygen atoms in total. The molecule has 0 fully saturated rings. The van der Waals surface area contributed by atoms with E-state index < -0.39 is 17.8 Å². The number of carbonyl (C=O) groups excluding carboxylic acids is 3. The summed E-state index contributed by atoms with van der Waals surface area (Å²) in [6.45, 7) is 1.88. The van der Waals surface area contributed by atoms with E-state index in [9.17, 15) is 14.4 Å². The number of benzene rings is 3. The largest absolute Gasteiger partial charge is 0.423 e. The first-order valence-electron chi connectivity index (χ1n) is 9.19. The maximum absolute atomic E-state index is 12.1. The number of amides is 2. The predicted molar refractivity (Wildman–Crippen MR) is 118 cm³/mol. The van der Waals surface area contributed by atoms with Gasteiger partial charge in [-0.1, -0.05) is 23.7 Å². The van der Waals surface area contributed by atoms with Gasteiger partial charge in [-0.05, 0) is 78.7 Å². The van der Waals surface area contributed by atoms with Gasteiger partial charge in [-0.2, -0.15) is 5.10 Å². The van der Waals surface area contributed by atoms with Gasteiger partial charge < -0.3 is 10.1 Å². The van der Waals surface area contributed by atoms with Crippen molar-refractivity contribution in [3.63, 3.8) is 0 Å². The van der Waals surface area contributed by atoms with Gasteiger partial charge in [0.1, 0.15) is 5.75 Å². The van der Waals surface area contributed by atoms with Crippen molar-refractivity contribution in [1.29, 1.82) is 0 Å². The number of nitrogens with zero attached hydrogens (tertiary/aromatic N) is 1. The van der Waals surface area contributed by atoms with E-state index in [0.29, 0.717) is 27.6 Å². The van der Waals surface area contributed by atoms with E-state index in [1.54, 1.807) is 66.7 Å². The summed E-state index contributed by atoms with van der Waals surface area (Å²) in [5.74, 6) is -1.89. The molecule has 0 bridgehead atoms. The second-order valence-corrected chi connectivity index (χ2v) is 6.92. The van der Waals surface area contributed by atoms with Crippen LogP contribution in [0.2, 0.25) is 5.02 Å². The molecule has 31 heavy (non-hydrogen) atoms. The third-order valence-electron chi connectivity index (χ3n) is 4.03. The first-order valence-corrected chi connectivity index (χ1v) is 9.57. The second kappa shape index (κ2) is 10.2. The summed E-state index contributed by atoms with van der Waals surface area (Å²) in [6, 6.07) is 19.9. The highest BCUT2D eigenvalue weighted by atomic mass is 35.5. The molecule has 0 aliphatic rings. The van der Waals surface area contributed by atoms with Crippen LogP contribution in [-0.4, -0.2) is 24.0 Å². The Balaban J connectivity index is 1.50. The van der Waals surface area contributed by atoms with Crippen LogP contribution in [0.4, 0.5) is 5.69 Å². The molecule has 2 amide bonds. The smallest absolute Gasteiger partial charge is 0.343 e. The molecule has 0 unspecified atom stereocenters. The van der Waals surface area contributed by atoms with Gasteiger partial charge in [0.05, 0.1) is 11.8 Å². The van der Waals surface area contributed by atoms with Crippen molar-refractivity contribution in [2.45, 2.75) is 6.92 Å². The minimum absolute atomic E-state index is 0.346. The second-order valence-electron chi connectivity index (χ2n) is 6.49. The Kier molecular flexibility index (Phi) is 7.13. The average molecular weight is 436 g/mol. The number of anilines is 1. The summed E-state index contributed by atoms with van der Waals surface area (Å²) in [5, 5.41) is 6.78. The number of ether oxygens (including phenoxy) is 1.